The predicted octanol–water partition coefficient (Wildman–Crippen LogP) is 3.59. The van der Waals surface area contributed by atoms with Crippen LogP contribution in [0.15, 0.2) is 34.2 Å². The number of hydrogen-bond donors (Lipinski definition) is 0. The number of aromatic nitrogens is 4. The van der Waals surface area contributed by atoms with Crippen LogP contribution in [0.2, 0.25) is 0 Å². The number of rotatable bonds is 6. The first-order valence-electron chi connectivity index (χ1n) is 8.13. The second kappa shape index (κ2) is 6.74. The first-order valence-corrected chi connectivity index (χ1v) is 9.11. The van der Waals surface area contributed by atoms with E-state index in [4.69, 9.17) is 0 Å². The lowest BCUT2D eigenvalue weighted by Crippen LogP contribution is -2.24. The predicted molar refractivity (Wildman–Crippen MR) is 95.2 cm³/mol. The fraction of sp³-hybridized carbons (Fsp3) is 0.471. The summed E-state index contributed by atoms with van der Waals surface area (Å²) in [6, 6.07) is 7.71. The first-order chi connectivity index (χ1) is 11.1. The Hall–Kier alpha value is -1.82. The summed E-state index contributed by atoms with van der Waals surface area (Å²) in [5.41, 5.74) is 0.907. The van der Waals surface area contributed by atoms with Crippen LogP contribution in [-0.4, -0.2) is 24.9 Å². The van der Waals surface area contributed by atoms with E-state index < -0.39 is 0 Å². The molecule has 0 saturated carbocycles. The summed E-state index contributed by atoms with van der Waals surface area (Å²) in [5.74, 6) is 2.17. The molecule has 122 valence electrons. The average Bonchev–Trinajstić information content (AvgIpc) is 2.96. The van der Waals surface area contributed by atoms with Crippen molar-refractivity contribution in [2.45, 2.75) is 45.3 Å². The quantitative estimate of drug-likeness (QED) is 0.648. The largest absolute Gasteiger partial charge is 0.276 e. The van der Waals surface area contributed by atoms with E-state index in [-0.39, 0.29) is 5.56 Å². The molecule has 0 aliphatic heterocycles. The molecule has 0 aliphatic carbocycles. The number of para-hydroxylation sites is 1. The Kier molecular flexibility index (Phi) is 4.71. The minimum absolute atomic E-state index is 0.0215. The molecular formula is C17H22N4OS. The van der Waals surface area contributed by atoms with Gasteiger partial charge in [-0.3, -0.25) is 13.8 Å². The third-order valence-corrected chi connectivity index (χ3v) is 4.98. The van der Waals surface area contributed by atoms with Crippen molar-refractivity contribution in [3.63, 3.8) is 0 Å². The Morgan fingerprint density at radius 1 is 1.22 bits per heavy atom. The zero-order valence-electron chi connectivity index (χ0n) is 13.8. The Morgan fingerprint density at radius 3 is 2.74 bits per heavy atom. The maximum absolute atomic E-state index is 12.9. The van der Waals surface area contributed by atoms with E-state index in [1.165, 1.54) is 0 Å². The Morgan fingerprint density at radius 2 is 2.00 bits per heavy atom. The molecular weight excluding hydrogens is 308 g/mol. The maximum Gasteiger partial charge on any atom is 0.262 e. The van der Waals surface area contributed by atoms with Crippen molar-refractivity contribution in [1.82, 2.24) is 19.2 Å². The normalized spacial score (nSPS) is 11.8. The smallest absolute Gasteiger partial charge is 0.262 e. The highest BCUT2D eigenvalue weighted by molar-refractivity contribution is 7.99. The minimum Gasteiger partial charge on any atom is -0.276 e. The first kappa shape index (κ1) is 16.1. The molecule has 1 aromatic carbocycles. The van der Waals surface area contributed by atoms with Crippen LogP contribution in [0.1, 0.15) is 33.6 Å². The summed E-state index contributed by atoms with van der Waals surface area (Å²) < 4.78 is 3.79. The summed E-state index contributed by atoms with van der Waals surface area (Å²) in [5, 5.41) is 10.2. The monoisotopic (exact) mass is 330 g/mol. The van der Waals surface area contributed by atoms with Crippen molar-refractivity contribution in [3.05, 3.63) is 34.6 Å². The highest BCUT2D eigenvalue weighted by atomic mass is 32.2. The van der Waals surface area contributed by atoms with Gasteiger partial charge in [0.1, 0.15) is 0 Å². The van der Waals surface area contributed by atoms with Gasteiger partial charge in [0, 0.05) is 12.3 Å². The number of hydrogen-bond acceptors (Lipinski definition) is 4. The van der Waals surface area contributed by atoms with Crippen LogP contribution in [0, 0.1) is 5.92 Å². The van der Waals surface area contributed by atoms with Crippen LogP contribution < -0.4 is 5.56 Å². The minimum atomic E-state index is 0.0215. The van der Waals surface area contributed by atoms with Gasteiger partial charge in [-0.25, -0.2) is 0 Å². The lowest BCUT2D eigenvalue weighted by atomic mass is 10.1. The molecule has 0 unspecified atom stereocenters. The molecule has 2 aromatic heterocycles. The third kappa shape index (κ3) is 3.00. The summed E-state index contributed by atoms with van der Waals surface area (Å²) in [6.45, 7) is 7.14. The molecule has 0 saturated heterocycles. The van der Waals surface area contributed by atoms with Gasteiger partial charge in [-0.05, 0) is 30.9 Å². The van der Waals surface area contributed by atoms with Crippen molar-refractivity contribution < 1.29 is 0 Å². The zero-order chi connectivity index (χ0) is 16.4. The second-order valence-electron chi connectivity index (χ2n) is 6.12. The van der Waals surface area contributed by atoms with Crippen LogP contribution >= 0.6 is 11.8 Å². The highest BCUT2D eigenvalue weighted by Crippen LogP contribution is 2.22. The molecule has 0 radical (unpaired) electrons. The van der Waals surface area contributed by atoms with E-state index in [0.717, 1.165) is 34.7 Å². The standard InChI is InChI=1S/C17H22N4OS/c1-4-11-23-17-19-18-16-20(10-9-12(2)3)15(22)13-7-5-6-8-14(13)21(16)17/h5-8,12H,4,9-11H2,1-3H3. The van der Waals surface area contributed by atoms with Gasteiger partial charge in [0.05, 0.1) is 10.9 Å². The number of benzene rings is 1. The van der Waals surface area contributed by atoms with Gasteiger partial charge in [0.2, 0.25) is 5.78 Å². The lowest BCUT2D eigenvalue weighted by molar-refractivity contribution is 0.512. The molecule has 5 nitrogen and oxygen atoms in total. The molecule has 3 rings (SSSR count). The van der Waals surface area contributed by atoms with Gasteiger partial charge in [-0.1, -0.05) is 44.7 Å². The fourth-order valence-corrected chi connectivity index (χ4v) is 3.40. The molecule has 6 heteroatoms. The van der Waals surface area contributed by atoms with Crippen molar-refractivity contribution in [1.29, 1.82) is 0 Å². The summed E-state index contributed by atoms with van der Waals surface area (Å²) in [4.78, 5) is 12.9. The Bertz CT molecular complexity index is 881. The molecule has 0 N–H and O–H groups in total. The topological polar surface area (TPSA) is 52.2 Å². The van der Waals surface area contributed by atoms with E-state index >= 15 is 0 Å². The van der Waals surface area contributed by atoms with E-state index in [2.05, 4.69) is 31.0 Å². The van der Waals surface area contributed by atoms with Gasteiger partial charge in [0.25, 0.3) is 5.56 Å². The molecule has 0 aliphatic rings. The van der Waals surface area contributed by atoms with E-state index in [0.29, 0.717) is 18.2 Å². The van der Waals surface area contributed by atoms with Gasteiger partial charge in [-0.2, -0.15) is 0 Å². The molecule has 23 heavy (non-hydrogen) atoms. The van der Waals surface area contributed by atoms with Crippen LogP contribution in [0.25, 0.3) is 16.7 Å². The molecule has 2 heterocycles. The maximum atomic E-state index is 12.9. The van der Waals surface area contributed by atoms with Crippen LogP contribution in [0.5, 0.6) is 0 Å². The molecule has 0 atom stereocenters. The van der Waals surface area contributed by atoms with Crippen LogP contribution in [-0.2, 0) is 6.54 Å². The molecule has 0 fully saturated rings. The van der Waals surface area contributed by atoms with Crippen molar-refractivity contribution in [2.24, 2.45) is 5.92 Å². The highest BCUT2D eigenvalue weighted by Gasteiger charge is 2.16. The van der Waals surface area contributed by atoms with Crippen molar-refractivity contribution >= 4 is 28.4 Å². The van der Waals surface area contributed by atoms with E-state index in [1.807, 2.05) is 28.7 Å². The third-order valence-electron chi connectivity index (χ3n) is 3.84. The molecule has 0 amide bonds. The molecule has 3 aromatic rings. The summed E-state index contributed by atoms with van der Waals surface area (Å²) in [6.07, 6.45) is 2.02. The summed E-state index contributed by atoms with van der Waals surface area (Å²) in [7, 11) is 0. The lowest BCUT2D eigenvalue weighted by Gasteiger charge is -2.12. The molecule has 0 spiro atoms. The van der Waals surface area contributed by atoms with E-state index in [9.17, 15) is 4.79 Å². The fourth-order valence-electron chi connectivity index (χ4n) is 2.61. The SMILES string of the molecule is CCCSc1nnc2n(CCC(C)C)c(=O)c3ccccc3n12. The van der Waals surface area contributed by atoms with Gasteiger partial charge in [-0.15, -0.1) is 10.2 Å². The number of fused-ring (bicyclic) bond motifs is 3. The van der Waals surface area contributed by atoms with Gasteiger partial charge < -0.3 is 0 Å². The van der Waals surface area contributed by atoms with Gasteiger partial charge >= 0.3 is 0 Å². The average molecular weight is 330 g/mol. The number of thioether (sulfide) groups is 1. The number of nitrogens with zero attached hydrogens (tertiary/aromatic N) is 4. The second-order valence-corrected chi connectivity index (χ2v) is 7.18. The van der Waals surface area contributed by atoms with Gasteiger partial charge in [0.15, 0.2) is 5.16 Å². The van der Waals surface area contributed by atoms with Crippen molar-refractivity contribution in [3.8, 4) is 0 Å². The molecule has 0 bridgehead atoms. The Labute approximate surface area is 139 Å². The van der Waals surface area contributed by atoms with E-state index in [1.54, 1.807) is 16.3 Å². The summed E-state index contributed by atoms with van der Waals surface area (Å²) >= 11 is 1.68. The Balaban J connectivity index is 2.26. The zero-order valence-corrected chi connectivity index (χ0v) is 14.6. The van der Waals surface area contributed by atoms with Crippen molar-refractivity contribution in [2.75, 3.05) is 5.75 Å². The number of aryl methyl sites for hydroxylation is 1. The van der Waals surface area contributed by atoms with Crippen LogP contribution in [0.4, 0.5) is 0 Å². The van der Waals surface area contributed by atoms with Crippen LogP contribution in [0.3, 0.4) is 0 Å².